The highest BCUT2D eigenvalue weighted by molar-refractivity contribution is 5.52. The van der Waals surface area contributed by atoms with E-state index in [-0.39, 0.29) is 0 Å². The topological polar surface area (TPSA) is 38.5 Å². The van der Waals surface area contributed by atoms with Gasteiger partial charge in [0, 0.05) is 31.4 Å². The highest BCUT2D eigenvalue weighted by Crippen LogP contribution is 2.30. The van der Waals surface area contributed by atoms with Gasteiger partial charge in [-0.25, -0.2) is 0 Å². The van der Waals surface area contributed by atoms with E-state index >= 15 is 0 Å². The molecule has 100 valence electrons. The van der Waals surface area contributed by atoms with Crippen molar-refractivity contribution in [1.82, 2.24) is 4.90 Å². The first-order valence-electron chi connectivity index (χ1n) is 6.81. The molecule has 18 heavy (non-hydrogen) atoms. The molecule has 0 spiro atoms. The average molecular weight is 248 g/mol. The molecule has 1 heterocycles. The molecule has 0 saturated heterocycles. The van der Waals surface area contributed by atoms with Crippen LogP contribution in [0.5, 0.6) is 0 Å². The smallest absolute Gasteiger partial charge is 0.0624 e. The van der Waals surface area contributed by atoms with E-state index in [0.29, 0.717) is 12.0 Å². The Balaban J connectivity index is 2.10. The van der Waals surface area contributed by atoms with Crippen LogP contribution in [-0.2, 0) is 17.8 Å². The van der Waals surface area contributed by atoms with Gasteiger partial charge in [0.25, 0.3) is 0 Å². The predicted octanol–water partition coefficient (Wildman–Crippen LogP) is 2.65. The molecule has 3 nitrogen and oxygen atoms in total. The molecule has 0 radical (unpaired) electrons. The average Bonchev–Trinajstić information content (AvgIpc) is 2.74. The van der Waals surface area contributed by atoms with Crippen LogP contribution in [-0.4, -0.2) is 24.2 Å². The molecule has 1 unspecified atom stereocenters. The summed E-state index contributed by atoms with van der Waals surface area (Å²) in [5.74, 6) is 0.590. The molecular formula is C15H24N2O. The van der Waals surface area contributed by atoms with Crippen molar-refractivity contribution in [3.05, 3.63) is 29.3 Å². The Morgan fingerprint density at radius 1 is 1.33 bits per heavy atom. The van der Waals surface area contributed by atoms with Gasteiger partial charge in [0.2, 0.25) is 0 Å². The normalized spacial score (nSPS) is 17.1. The molecule has 0 bridgehead atoms. The third-order valence-electron chi connectivity index (χ3n) is 3.78. The van der Waals surface area contributed by atoms with Crippen LogP contribution in [0.1, 0.15) is 31.9 Å². The second-order valence-electron chi connectivity index (χ2n) is 5.36. The minimum Gasteiger partial charge on any atom is -0.398 e. The van der Waals surface area contributed by atoms with Crippen LogP contribution >= 0.6 is 0 Å². The largest absolute Gasteiger partial charge is 0.398 e. The van der Waals surface area contributed by atoms with Gasteiger partial charge in [-0.2, -0.15) is 0 Å². The van der Waals surface area contributed by atoms with E-state index in [0.717, 1.165) is 32.0 Å². The first-order valence-corrected chi connectivity index (χ1v) is 6.81. The molecule has 1 atom stereocenters. The second kappa shape index (κ2) is 5.72. The van der Waals surface area contributed by atoms with Crippen LogP contribution in [0.15, 0.2) is 18.2 Å². The van der Waals surface area contributed by atoms with E-state index in [9.17, 15) is 0 Å². The van der Waals surface area contributed by atoms with Crippen molar-refractivity contribution in [3.8, 4) is 0 Å². The Bertz CT molecular complexity index is 403. The van der Waals surface area contributed by atoms with Crippen molar-refractivity contribution in [2.45, 2.75) is 39.9 Å². The third kappa shape index (κ3) is 2.68. The Kier molecular flexibility index (Phi) is 4.25. The quantitative estimate of drug-likeness (QED) is 0.814. The molecule has 3 heteroatoms. The zero-order chi connectivity index (χ0) is 13.1. The Hall–Kier alpha value is -1.06. The number of fused-ring (bicyclic) bond motifs is 1. The third-order valence-corrected chi connectivity index (χ3v) is 3.78. The lowest BCUT2D eigenvalue weighted by atomic mass is 10.0. The number of benzene rings is 1. The molecule has 1 aliphatic heterocycles. The molecular weight excluding hydrogens is 224 g/mol. The van der Waals surface area contributed by atoms with Crippen molar-refractivity contribution in [1.29, 1.82) is 0 Å². The summed E-state index contributed by atoms with van der Waals surface area (Å²) in [6.45, 7) is 10.1. The van der Waals surface area contributed by atoms with Crippen LogP contribution in [0.3, 0.4) is 0 Å². The second-order valence-corrected chi connectivity index (χ2v) is 5.36. The minimum absolute atomic E-state index is 0.469. The van der Waals surface area contributed by atoms with Crippen molar-refractivity contribution in [2.24, 2.45) is 5.92 Å². The summed E-state index contributed by atoms with van der Waals surface area (Å²) in [5.41, 5.74) is 9.66. The number of anilines is 1. The van der Waals surface area contributed by atoms with Gasteiger partial charge < -0.3 is 10.5 Å². The van der Waals surface area contributed by atoms with E-state index < -0.39 is 0 Å². The maximum Gasteiger partial charge on any atom is 0.0624 e. The van der Waals surface area contributed by atoms with Crippen LogP contribution in [0, 0.1) is 5.92 Å². The number of hydrogen-bond acceptors (Lipinski definition) is 3. The van der Waals surface area contributed by atoms with Crippen molar-refractivity contribution in [3.63, 3.8) is 0 Å². The van der Waals surface area contributed by atoms with Gasteiger partial charge in [-0.05, 0) is 30.0 Å². The SMILES string of the molecule is CCOCC(C(C)C)N1Cc2cccc(N)c2C1. The fourth-order valence-corrected chi connectivity index (χ4v) is 2.67. The number of nitrogens with two attached hydrogens (primary N) is 1. The molecule has 1 aliphatic rings. The lowest BCUT2D eigenvalue weighted by Gasteiger charge is -2.30. The Morgan fingerprint density at radius 2 is 2.11 bits per heavy atom. The fraction of sp³-hybridized carbons (Fsp3) is 0.600. The summed E-state index contributed by atoms with van der Waals surface area (Å²) in [6.07, 6.45) is 0. The van der Waals surface area contributed by atoms with Crippen molar-refractivity contribution in [2.75, 3.05) is 18.9 Å². The number of ether oxygens (including phenoxy) is 1. The lowest BCUT2D eigenvalue weighted by molar-refractivity contribution is 0.0423. The zero-order valence-corrected chi connectivity index (χ0v) is 11.6. The highest BCUT2D eigenvalue weighted by Gasteiger charge is 2.28. The van der Waals surface area contributed by atoms with Crippen LogP contribution < -0.4 is 5.73 Å². The van der Waals surface area contributed by atoms with E-state index in [1.807, 2.05) is 19.1 Å². The molecule has 1 aromatic carbocycles. The number of hydrogen-bond donors (Lipinski definition) is 1. The van der Waals surface area contributed by atoms with Gasteiger partial charge >= 0.3 is 0 Å². The zero-order valence-electron chi connectivity index (χ0n) is 11.6. The monoisotopic (exact) mass is 248 g/mol. The van der Waals surface area contributed by atoms with Gasteiger partial charge in [0.15, 0.2) is 0 Å². The number of nitrogens with zero attached hydrogens (tertiary/aromatic N) is 1. The summed E-state index contributed by atoms with van der Waals surface area (Å²) >= 11 is 0. The predicted molar refractivity (Wildman–Crippen MR) is 75.2 cm³/mol. The molecule has 2 rings (SSSR count). The summed E-state index contributed by atoms with van der Waals surface area (Å²) in [6, 6.07) is 6.70. The van der Waals surface area contributed by atoms with E-state index in [1.165, 1.54) is 11.1 Å². The van der Waals surface area contributed by atoms with Gasteiger partial charge in [-0.1, -0.05) is 26.0 Å². The van der Waals surface area contributed by atoms with Crippen LogP contribution in [0.2, 0.25) is 0 Å². The van der Waals surface area contributed by atoms with E-state index in [4.69, 9.17) is 10.5 Å². The van der Waals surface area contributed by atoms with E-state index in [2.05, 4.69) is 24.8 Å². The minimum atomic E-state index is 0.469. The molecule has 0 amide bonds. The Labute approximate surface area is 110 Å². The van der Waals surface area contributed by atoms with Crippen LogP contribution in [0.4, 0.5) is 5.69 Å². The van der Waals surface area contributed by atoms with E-state index in [1.54, 1.807) is 0 Å². The molecule has 0 saturated carbocycles. The van der Waals surface area contributed by atoms with Gasteiger partial charge in [0.1, 0.15) is 0 Å². The number of nitrogen functional groups attached to an aromatic ring is 1. The summed E-state index contributed by atoms with van der Waals surface area (Å²) in [7, 11) is 0. The molecule has 0 aromatic heterocycles. The maximum atomic E-state index is 6.05. The van der Waals surface area contributed by atoms with Crippen LogP contribution in [0.25, 0.3) is 0 Å². The standard InChI is InChI=1S/C15H24N2O/c1-4-18-10-15(11(2)3)17-8-12-6-5-7-14(16)13(12)9-17/h5-7,11,15H,4,8-10,16H2,1-3H3. The Morgan fingerprint density at radius 3 is 2.72 bits per heavy atom. The van der Waals surface area contributed by atoms with Gasteiger partial charge in [0.05, 0.1) is 6.61 Å². The first kappa shape index (κ1) is 13.4. The van der Waals surface area contributed by atoms with Gasteiger partial charge in [-0.3, -0.25) is 4.90 Å². The molecule has 1 aromatic rings. The lowest BCUT2D eigenvalue weighted by Crippen LogP contribution is -2.39. The molecule has 0 aliphatic carbocycles. The van der Waals surface area contributed by atoms with Gasteiger partial charge in [-0.15, -0.1) is 0 Å². The molecule has 2 N–H and O–H groups in total. The summed E-state index contributed by atoms with van der Waals surface area (Å²) in [4.78, 5) is 2.49. The number of rotatable bonds is 5. The summed E-state index contributed by atoms with van der Waals surface area (Å²) in [5, 5.41) is 0. The molecule has 0 fully saturated rings. The maximum absolute atomic E-state index is 6.05. The highest BCUT2D eigenvalue weighted by atomic mass is 16.5. The first-order chi connectivity index (χ1) is 8.63. The fourth-order valence-electron chi connectivity index (χ4n) is 2.67. The van der Waals surface area contributed by atoms with Crippen molar-refractivity contribution < 1.29 is 4.74 Å². The van der Waals surface area contributed by atoms with Crippen molar-refractivity contribution >= 4 is 5.69 Å². The summed E-state index contributed by atoms with van der Waals surface area (Å²) < 4.78 is 5.63.